The van der Waals surface area contributed by atoms with E-state index in [0.29, 0.717) is 12.8 Å². The van der Waals surface area contributed by atoms with Crippen LogP contribution in [0, 0.1) is 0 Å². The van der Waals surface area contributed by atoms with Crippen molar-refractivity contribution in [3.05, 3.63) is 0 Å². The van der Waals surface area contributed by atoms with Crippen molar-refractivity contribution >= 4 is 11.7 Å². The van der Waals surface area contributed by atoms with Crippen LogP contribution in [-0.4, -0.2) is 35.3 Å². The Morgan fingerprint density at radius 1 is 1.38 bits per heavy atom. The Kier molecular flexibility index (Phi) is 2.06. The summed E-state index contributed by atoms with van der Waals surface area (Å²) < 4.78 is 12.2. The van der Waals surface area contributed by atoms with Gasteiger partial charge in [0.15, 0.2) is 6.67 Å². The number of alkyl halides is 1. The summed E-state index contributed by atoms with van der Waals surface area (Å²) >= 11 is 0. The van der Waals surface area contributed by atoms with Crippen molar-refractivity contribution in [2.45, 2.75) is 37.8 Å². The van der Waals surface area contributed by atoms with E-state index >= 15 is 0 Å². The Morgan fingerprint density at radius 2 is 1.92 bits per heavy atom. The van der Waals surface area contributed by atoms with E-state index in [9.17, 15) is 14.0 Å². The number of nitrogens with zero attached hydrogens (tertiary/aromatic N) is 1. The topological polar surface area (TPSA) is 37.4 Å². The lowest BCUT2D eigenvalue weighted by molar-refractivity contribution is -0.139. The van der Waals surface area contributed by atoms with E-state index in [2.05, 4.69) is 0 Å². The Labute approximate surface area is 75.9 Å². The van der Waals surface area contributed by atoms with E-state index in [-0.39, 0.29) is 17.9 Å². The van der Waals surface area contributed by atoms with Crippen LogP contribution in [0.1, 0.15) is 25.7 Å². The molecule has 0 radical (unpaired) electrons. The zero-order chi connectivity index (χ0) is 9.42. The van der Waals surface area contributed by atoms with Gasteiger partial charge in [-0.05, 0) is 12.8 Å². The van der Waals surface area contributed by atoms with Gasteiger partial charge in [-0.3, -0.25) is 9.59 Å². The lowest BCUT2D eigenvalue weighted by Gasteiger charge is -2.33. The van der Waals surface area contributed by atoms with Gasteiger partial charge in [-0.25, -0.2) is 4.39 Å². The number of halogens is 1. The highest BCUT2D eigenvalue weighted by molar-refractivity contribution is 5.85. The molecule has 0 aromatic carbocycles. The van der Waals surface area contributed by atoms with Crippen molar-refractivity contribution in [2.24, 2.45) is 0 Å². The fraction of sp³-hybridized carbons (Fsp3) is 0.778. The van der Waals surface area contributed by atoms with E-state index in [4.69, 9.17) is 0 Å². The molecule has 2 atom stereocenters. The van der Waals surface area contributed by atoms with E-state index in [0.717, 1.165) is 12.8 Å². The molecule has 0 N–H and O–H groups in total. The second kappa shape index (κ2) is 3.09. The van der Waals surface area contributed by atoms with Crippen molar-refractivity contribution in [3.8, 4) is 0 Å². The first-order chi connectivity index (χ1) is 6.22. The summed E-state index contributed by atoms with van der Waals surface area (Å²) in [4.78, 5) is 23.9. The summed E-state index contributed by atoms with van der Waals surface area (Å²) in [5, 5.41) is 0. The summed E-state index contributed by atoms with van der Waals surface area (Å²) in [6, 6.07) is -0.0102. The lowest BCUT2D eigenvalue weighted by Crippen LogP contribution is -2.47. The van der Waals surface area contributed by atoms with Crippen molar-refractivity contribution in [3.63, 3.8) is 0 Å². The molecule has 2 aliphatic heterocycles. The van der Waals surface area contributed by atoms with Gasteiger partial charge >= 0.3 is 0 Å². The van der Waals surface area contributed by atoms with Gasteiger partial charge in [0.1, 0.15) is 5.78 Å². The van der Waals surface area contributed by atoms with E-state index < -0.39 is 12.6 Å². The lowest BCUT2D eigenvalue weighted by atomic mass is 10.0. The first-order valence-corrected chi connectivity index (χ1v) is 4.61. The normalized spacial score (nSPS) is 32.4. The third-order valence-corrected chi connectivity index (χ3v) is 2.95. The van der Waals surface area contributed by atoms with Gasteiger partial charge in [0.25, 0.3) is 5.91 Å². The standard InChI is InChI=1S/C9H12FNO2/c10-5-9(13)11-6-1-2-7(11)4-8(12)3-6/h6-7H,1-5H2. The van der Waals surface area contributed by atoms with Crippen LogP contribution in [0.5, 0.6) is 0 Å². The number of carbonyl (C=O) groups is 2. The number of piperidine rings is 1. The molecule has 2 rings (SSSR count). The molecule has 72 valence electrons. The SMILES string of the molecule is O=C1CC2CCC(C1)N2C(=O)CF. The highest BCUT2D eigenvalue weighted by Crippen LogP contribution is 2.33. The zero-order valence-corrected chi connectivity index (χ0v) is 7.33. The first kappa shape index (κ1) is 8.66. The van der Waals surface area contributed by atoms with Gasteiger partial charge in [0.05, 0.1) is 0 Å². The average Bonchev–Trinajstić information content (AvgIpc) is 2.37. The largest absolute Gasteiger partial charge is 0.334 e. The molecule has 0 spiro atoms. The Bertz CT molecular complexity index is 238. The number of hydrogen-bond acceptors (Lipinski definition) is 2. The Hall–Kier alpha value is -0.930. The maximum Gasteiger partial charge on any atom is 0.254 e. The van der Waals surface area contributed by atoms with Gasteiger partial charge < -0.3 is 4.90 Å². The van der Waals surface area contributed by atoms with E-state index in [1.807, 2.05) is 0 Å². The first-order valence-electron chi connectivity index (χ1n) is 4.61. The van der Waals surface area contributed by atoms with Crippen molar-refractivity contribution in [1.29, 1.82) is 0 Å². The van der Waals surface area contributed by atoms with Crippen LogP contribution in [0.4, 0.5) is 4.39 Å². The molecular formula is C9H12FNO2. The highest BCUT2D eigenvalue weighted by atomic mass is 19.1. The summed E-state index contributed by atoms with van der Waals surface area (Å²) in [5.74, 6) is -0.226. The van der Waals surface area contributed by atoms with Crippen LogP contribution in [-0.2, 0) is 9.59 Å². The minimum atomic E-state index is -0.929. The number of Topliss-reactive ketones (excluding diaryl/α,β-unsaturated/α-hetero) is 1. The molecule has 0 aromatic heterocycles. The van der Waals surface area contributed by atoms with E-state index in [1.54, 1.807) is 4.90 Å². The highest BCUT2D eigenvalue weighted by Gasteiger charge is 2.42. The molecule has 13 heavy (non-hydrogen) atoms. The molecule has 0 aliphatic carbocycles. The maximum atomic E-state index is 12.2. The molecule has 2 heterocycles. The van der Waals surface area contributed by atoms with Crippen LogP contribution in [0.25, 0.3) is 0 Å². The minimum Gasteiger partial charge on any atom is -0.334 e. The van der Waals surface area contributed by atoms with Crippen LogP contribution >= 0.6 is 0 Å². The quantitative estimate of drug-likeness (QED) is 0.602. The summed E-state index contributed by atoms with van der Waals surface area (Å²) in [6.45, 7) is -0.929. The molecule has 2 aliphatic rings. The maximum absolute atomic E-state index is 12.2. The van der Waals surface area contributed by atoms with Crippen LogP contribution in [0.2, 0.25) is 0 Å². The fourth-order valence-electron chi connectivity index (χ4n) is 2.45. The molecule has 4 heteroatoms. The third kappa shape index (κ3) is 1.34. The third-order valence-electron chi connectivity index (χ3n) is 2.95. The summed E-state index contributed by atoms with van der Waals surface area (Å²) in [5.41, 5.74) is 0. The predicted octanol–water partition coefficient (Wildman–Crippen LogP) is 0.678. The number of amides is 1. The Morgan fingerprint density at radius 3 is 2.38 bits per heavy atom. The molecule has 3 nitrogen and oxygen atoms in total. The second-order valence-electron chi connectivity index (χ2n) is 3.77. The van der Waals surface area contributed by atoms with Crippen LogP contribution in [0.3, 0.4) is 0 Å². The fourth-order valence-corrected chi connectivity index (χ4v) is 2.45. The average molecular weight is 185 g/mol. The van der Waals surface area contributed by atoms with Crippen molar-refractivity contribution in [1.82, 2.24) is 4.90 Å². The summed E-state index contributed by atoms with van der Waals surface area (Å²) in [6.07, 6.45) is 2.59. The number of hydrogen-bond donors (Lipinski definition) is 0. The van der Waals surface area contributed by atoms with Gasteiger partial charge in [-0.2, -0.15) is 0 Å². The molecule has 1 amide bonds. The minimum absolute atomic E-state index is 0.00509. The van der Waals surface area contributed by atoms with Crippen LogP contribution < -0.4 is 0 Å². The van der Waals surface area contributed by atoms with Gasteiger partial charge in [0, 0.05) is 24.9 Å². The van der Waals surface area contributed by atoms with Crippen LogP contribution in [0.15, 0.2) is 0 Å². The second-order valence-corrected chi connectivity index (χ2v) is 3.77. The molecule has 0 saturated carbocycles. The summed E-state index contributed by atoms with van der Waals surface area (Å²) in [7, 11) is 0. The van der Waals surface area contributed by atoms with Crippen molar-refractivity contribution < 1.29 is 14.0 Å². The molecule has 2 saturated heterocycles. The molecule has 0 aromatic rings. The monoisotopic (exact) mass is 185 g/mol. The zero-order valence-electron chi connectivity index (χ0n) is 7.33. The molecule has 2 unspecified atom stereocenters. The molecule has 2 bridgehead atoms. The Balaban J connectivity index is 2.14. The van der Waals surface area contributed by atoms with Gasteiger partial charge in [-0.15, -0.1) is 0 Å². The number of fused-ring (bicyclic) bond motifs is 2. The molecule has 2 fully saturated rings. The molecular weight excluding hydrogens is 173 g/mol. The predicted molar refractivity (Wildman–Crippen MR) is 43.9 cm³/mol. The smallest absolute Gasteiger partial charge is 0.254 e. The number of carbonyl (C=O) groups excluding carboxylic acids is 2. The number of rotatable bonds is 1. The van der Waals surface area contributed by atoms with Gasteiger partial charge in [-0.1, -0.05) is 0 Å². The van der Waals surface area contributed by atoms with E-state index in [1.165, 1.54) is 0 Å². The number of ketones is 1. The van der Waals surface area contributed by atoms with Gasteiger partial charge in [0.2, 0.25) is 0 Å². The van der Waals surface area contributed by atoms with Crippen molar-refractivity contribution in [2.75, 3.05) is 6.67 Å².